The van der Waals surface area contributed by atoms with Gasteiger partial charge in [-0.05, 0) is 24.9 Å². The van der Waals surface area contributed by atoms with Gasteiger partial charge in [-0.1, -0.05) is 30.3 Å². The third-order valence-corrected chi connectivity index (χ3v) is 4.07. The van der Waals surface area contributed by atoms with Crippen molar-refractivity contribution in [3.8, 4) is 0 Å². The molecule has 1 aliphatic heterocycles. The van der Waals surface area contributed by atoms with Gasteiger partial charge in [0.2, 0.25) is 0 Å². The average molecular weight is 349 g/mol. The number of piperidine rings is 1. The van der Waals surface area contributed by atoms with Gasteiger partial charge in [0.15, 0.2) is 0 Å². The molecule has 8 nitrogen and oxygen atoms in total. The summed E-state index contributed by atoms with van der Waals surface area (Å²) in [5.41, 5.74) is 1.19. The molecule has 0 aromatic heterocycles. The molecule has 0 aliphatic carbocycles. The van der Waals surface area contributed by atoms with Crippen molar-refractivity contribution < 1.29 is 24.6 Å². The van der Waals surface area contributed by atoms with E-state index in [2.05, 4.69) is 15.5 Å². The monoisotopic (exact) mass is 349 g/mol. The molecular formula is C17H23N3O5. The Morgan fingerprint density at radius 3 is 2.56 bits per heavy atom. The Hall–Kier alpha value is -2.61. The minimum Gasteiger partial charge on any atom is -0.481 e. The van der Waals surface area contributed by atoms with Crippen molar-refractivity contribution in [2.75, 3.05) is 13.1 Å². The first-order valence-electron chi connectivity index (χ1n) is 8.22. The van der Waals surface area contributed by atoms with Crippen LogP contribution in [0, 0.1) is 0 Å². The van der Waals surface area contributed by atoms with Crippen molar-refractivity contribution in [1.82, 2.24) is 15.5 Å². The minimum absolute atomic E-state index is 0.100. The number of nitrogens with one attached hydrogen (secondary N) is 2. The summed E-state index contributed by atoms with van der Waals surface area (Å²) in [5, 5.41) is 22.6. The Kier molecular flexibility index (Phi) is 6.76. The smallest absolute Gasteiger partial charge is 0.326 e. The number of urea groups is 1. The zero-order chi connectivity index (χ0) is 18.2. The predicted molar refractivity (Wildman–Crippen MR) is 90.1 cm³/mol. The molecule has 2 rings (SSSR count). The number of carbonyl (C=O) groups is 3. The van der Waals surface area contributed by atoms with Crippen LogP contribution in [-0.2, 0) is 16.1 Å². The van der Waals surface area contributed by atoms with Crippen molar-refractivity contribution in [2.45, 2.75) is 37.9 Å². The maximum atomic E-state index is 12.0. The fourth-order valence-corrected chi connectivity index (χ4v) is 2.92. The number of likely N-dealkylation sites (tertiary alicyclic amines) is 1. The van der Waals surface area contributed by atoms with Crippen LogP contribution in [0.1, 0.15) is 24.8 Å². The largest absolute Gasteiger partial charge is 0.481 e. The second-order valence-corrected chi connectivity index (χ2v) is 6.17. The Morgan fingerprint density at radius 2 is 1.92 bits per heavy atom. The van der Waals surface area contributed by atoms with Gasteiger partial charge in [0, 0.05) is 19.1 Å². The molecule has 0 saturated carbocycles. The number of carboxylic acids is 2. The molecule has 2 atom stereocenters. The number of amides is 2. The second kappa shape index (κ2) is 9.03. The number of aliphatic carboxylic acids is 2. The second-order valence-electron chi connectivity index (χ2n) is 6.17. The number of benzene rings is 1. The summed E-state index contributed by atoms with van der Waals surface area (Å²) in [6.45, 7) is 2.39. The Balaban J connectivity index is 1.83. The first-order chi connectivity index (χ1) is 11.9. The molecule has 1 aromatic rings. The van der Waals surface area contributed by atoms with Gasteiger partial charge < -0.3 is 20.8 Å². The molecular weight excluding hydrogens is 326 g/mol. The van der Waals surface area contributed by atoms with Crippen LogP contribution in [0.5, 0.6) is 0 Å². The van der Waals surface area contributed by atoms with Crippen molar-refractivity contribution in [3.63, 3.8) is 0 Å². The Bertz CT molecular complexity index is 608. The van der Waals surface area contributed by atoms with Gasteiger partial charge in [-0.3, -0.25) is 9.69 Å². The zero-order valence-electron chi connectivity index (χ0n) is 13.9. The molecule has 2 amide bonds. The summed E-state index contributed by atoms with van der Waals surface area (Å²) in [5.74, 6) is -2.65. The van der Waals surface area contributed by atoms with E-state index in [9.17, 15) is 14.4 Å². The van der Waals surface area contributed by atoms with Crippen molar-refractivity contribution in [1.29, 1.82) is 0 Å². The molecule has 0 radical (unpaired) electrons. The van der Waals surface area contributed by atoms with Crippen molar-refractivity contribution in [2.24, 2.45) is 0 Å². The van der Waals surface area contributed by atoms with E-state index in [1.54, 1.807) is 0 Å². The maximum Gasteiger partial charge on any atom is 0.326 e. The van der Waals surface area contributed by atoms with E-state index in [0.29, 0.717) is 6.54 Å². The van der Waals surface area contributed by atoms with Gasteiger partial charge in [-0.15, -0.1) is 0 Å². The van der Waals surface area contributed by atoms with Crippen LogP contribution in [0.4, 0.5) is 4.79 Å². The number of nitrogens with zero attached hydrogens (tertiary/aromatic N) is 1. The molecule has 8 heteroatoms. The van der Waals surface area contributed by atoms with E-state index < -0.39 is 30.4 Å². The molecule has 1 heterocycles. The van der Waals surface area contributed by atoms with Gasteiger partial charge in [0.05, 0.1) is 6.42 Å². The normalized spacial score (nSPS) is 19.0. The lowest BCUT2D eigenvalue weighted by molar-refractivity contribution is -0.145. The third kappa shape index (κ3) is 6.42. The van der Waals surface area contributed by atoms with Gasteiger partial charge in [0.25, 0.3) is 0 Å². The summed E-state index contributed by atoms with van der Waals surface area (Å²) in [4.78, 5) is 35.9. The van der Waals surface area contributed by atoms with Crippen molar-refractivity contribution >= 4 is 18.0 Å². The highest BCUT2D eigenvalue weighted by atomic mass is 16.4. The summed E-state index contributed by atoms with van der Waals surface area (Å²) >= 11 is 0. The van der Waals surface area contributed by atoms with E-state index in [1.807, 2.05) is 30.3 Å². The average Bonchev–Trinajstić information content (AvgIpc) is 2.55. The topological polar surface area (TPSA) is 119 Å². The number of hydrogen-bond acceptors (Lipinski definition) is 4. The highest BCUT2D eigenvalue weighted by molar-refractivity contribution is 5.86. The number of rotatable bonds is 7. The van der Waals surface area contributed by atoms with Crippen LogP contribution in [0.15, 0.2) is 30.3 Å². The lowest BCUT2D eigenvalue weighted by atomic mass is 10.0. The highest BCUT2D eigenvalue weighted by Gasteiger charge is 2.26. The number of carbonyl (C=O) groups excluding carboxylic acids is 1. The Labute approximate surface area is 145 Å². The lowest BCUT2D eigenvalue weighted by Crippen LogP contribution is -2.53. The first-order valence-corrected chi connectivity index (χ1v) is 8.22. The van der Waals surface area contributed by atoms with E-state index in [-0.39, 0.29) is 6.04 Å². The standard InChI is InChI=1S/C17H23N3O5/c21-15(22)9-14(16(23)24)19-17(25)18-13-7-4-8-20(11-13)10-12-5-2-1-3-6-12/h1-3,5-6,13-14H,4,7-11H2,(H,21,22)(H,23,24)(H2,18,19,25)/t13?,14-/m0/s1. The van der Waals surface area contributed by atoms with Crippen LogP contribution >= 0.6 is 0 Å². The first kappa shape index (κ1) is 18.7. The molecule has 4 N–H and O–H groups in total. The minimum atomic E-state index is -1.44. The van der Waals surface area contributed by atoms with E-state index in [0.717, 1.165) is 25.9 Å². The molecule has 1 fully saturated rings. The van der Waals surface area contributed by atoms with Gasteiger partial charge in [-0.25, -0.2) is 9.59 Å². The van der Waals surface area contributed by atoms with Gasteiger partial charge >= 0.3 is 18.0 Å². The summed E-state index contributed by atoms with van der Waals surface area (Å²) in [6.07, 6.45) is 1.07. The fraction of sp³-hybridized carbons (Fsp3) is 0.471. The molecule has 0 bridgehead atoms. The quantitative estimate of drug-likeness (QED) is 0.580. The van der Waals surface area contributed by atoms with Crippen molar-refractivity contribution in [3.05, 3.63) is 35.9 Å². The summed E-state index contributed by atoms with van der Waals surface area (Å²) < 4.78 is 0. The summed E-state index contributed by atoms with van der Waals surface area (Å²) in [7, 11) is 0. The van der Waals surface area contributed by atoms with Crippen LogP contribution < -0.4 is 10.6 Å². The fourth-order valence-electron chi connectivity index (χ4n) is 2.92. The lowest BCUT2D eigenvalue weighted by Gasteiger charge is -2.33. The van der Waals surface area contributed by atoms with Crippen LogP contribution in [0.25, 0.3) is 0 Å². The van der Waals surface area contributed by atoms with Crippen LogP contribution in [-0.4, -0.2) is 58.3 Å². The van der Waals surface area contributed by atoms with E-state index >= 15 is 0 Å². The SMILES string of the molecule is O=C(O)C[C@H](NC(=O)NC1CCCN(Cc2ccccc2)C1)C(=O)O. The Morgan fingerprint density at radius 1 is 1.20 bits per heavy atom. The molecule has 1 aliphatic rings. The number of hydrogen-bond donors (Lipinski definition) is 4. The van der Waals surface area contributed by atoms with E-state index in [1.165, 1.54) is 5.56 Å². The predicted octanol–water partition coefficient (Wildman–Crippen LogP) is 0.878. The molecule has 0 spiro atoms. The van der Waals surface area contributed by atoms with Crippen LogP contribution in [0.2, 0.25) is 0 Å². The molecule has 136 valence electrons. The maximum absolute atomic E-state index is 12.0. The molecule has 1 aromatic carbocycles. The highest BCUT2D eigenvalue weighted by Crippen LogP contribution is 2.13. The zero-order valence-corrected chi connectivity index (χ0v) is 13.9. The molecule has 25 heavy (non-hydrogen) atoms. The van der Waals surface area contributed by atoms with Crippen LogP contribution in [0.3, 0.4) is 0 Å². The molecule has 1 unspecified atom stereocenters. The van der Waals surface area contributed by atoms with Gasteiger partial charge in [0.1, 0.15) is 6.04 Å². The third-order valence-electron chi connectivity index (χ3n) is 4.07. The number of carboxylic acid groups (broad SMARTS) is 2. The van der Waals surface area contributed by atoms with E-state index in [4.69, 9.17) is 10.2 Å². The molecule has 1 saturated heterocycles. The summed E-state index contributed by atoms with van der Waals surface area (Å²) in [6, 6.07) is 7.83. The van der Waals surface area contributed by atoms with Gasteiger partial charge in [-0.2, -0.15) is 0 Å².